The van der Waals surface area contributed by atoms with Crippen molar-refractivity contribution in [2.24, 2.45) is 4.99 Å². The number of benzene rings is 2. The van der Waals surface area contributed by atoms with Crippen molar-refractivity contribution in [3.63, 3.8) is 0 Å². The van der Waals surface area contributed by atoms with Gasteiger partial charge < -0.3 is 9.64 Å². The third-order valence-corrected chi connectivity index (χ3v) is 6.32. The molecule has 2 aromatic rings. The first-order chi connectivity index (χ1) is 13.6. The van der Waals surface area contributed by atoms with Crippen molar-refractivity contribution in [3.8, 4) is 0 Å². The Labute approximate surface area is 174 Å². The van der Waals surface area contributed by atoms with Crippen molar-refractivity contribution < 1.29 is 9.53 Å². The van der Waals surface area contributed by atoms with E-state index in [0.29, 0.717) is 5.56 Å². The molecule has 0 saturated carbocycles. The van der Waals surface area contributed by atoms with Gasteiger partial charge in [0.2, 0.25) is 0 Å². The van der Waals surface area contributed by atoms with E-state index in [2.05, 4.69) is 55.8 Å². The molecule has 1 aliphatic carbocycles. The van der Waals surface area contributed by atoms with E-state index in [1.807, 2.05) is 26.2 Å². The number of hydrogen-bond acceptors (Lipinski definition) is 3. The molecule has 4 nitrogen and oxygen atoms in total. The van der Waals surface area contributed by atoms with E-state index in [1.54, 1.807) is 12.1 Å². The predicted octanol–water partition coefficient (Wildman–Crippen LogP) is 5.34. The number of methoxy groups -OCH3 is 1. The van der Waals surface area contributed by atoms with Crippen LogP contribution in [0.4, 0.5) is 5.69 Å². The number of esters is 1. The van der Waals surface area contributed by atoms with Gasteiger partial charge in [-0.3, -0.25) is 4.99 Å². The van der Waals surface area contributed by atoms with Crippen molar-refractivity contribution in [1.29, 1.82) is 0 Å². The summed E-state index contributed by atoms with van der Waals surface area (Å²) < 4.78 is 4.79. The van der Waals surface area contributed by atoms with Gasteiger partial charge >= 0.3 is 5.97 Å². The van der Waals surface area contributed by atoms with Crippen LogP contribution >= 0.6 is 0 Å². The van der Waals surface area contributed by atoms with Crippen LogP contribution in [0.1, 0.15) is 67.6 Å². The first kappa shape index (κ1) is 21.1. The van der Waals surface area contributed by atoms with Crippen LogP contribution in [0.5, 0.6) is 0 Å². The molecule has 0 unspecified atom stereocenters. The van der Waals surface area contributed by atoms with E-state index >= 15 is 0 Å². The van der Waals surface area contributed by atoms with E-state index in [0.717, 1.165) is 17.1 Å². The molecule has 0 fully saturated rings. The van der Waals surface area contributed by atoms with Crippen molar-refractivity contribution in [1.82, 2.24) is 0 Å². The van der Waals surface area contributed by atoms with Gasteiger partial charge in [-0.1, -0.05) is 39.8 Å². The summed E-state index contributed by atoms with van der Waals surface area (Å²) in [6.07, 6.45) is 2.38. The second kappa shape index (κ2) is 7.66. The van der Waals surface area contributed by atoms with E-state index in [-0.39, 0.29) is 16.8 Å². The Morgan fingerprint density at radius 2 is 1.48 bits per heavy atom. The molecule has 29 heavy (non-hydrogen) atoms. The van der Waals surface area contributed by atoms with Gasteiger partial charge in [0.1, 0.15) is 5.84 Å². The fraction of sp³-hybridized carbons (Fsp3) is 0.440. The van der Waals surface area contributed by atoms with Crippen molar-refractivity contribution in [2.45, 2.75) is 51.4 Å². The van der Waals surface area contributed by atoms with Crippen molar-refractivity contribution in [2.75, 3.05) is 26.1 Å². The predicted molar refractivity (Wildman–Crippen MR) is 120 cm³/mol. The monoisotopic (exact) mass is 392 g/mol. The molecule has 0 aliphatic heterocycles. The van der Waals surface area contributed by atoms with Gasteiger partial charge in [0.05, 0.1) is 12.7 Å². The fourth-order valence-electron chi connectivity index (χ4n) is 4.26. The van der Waals surface area contributed by atoms with Crippen molar-refractivity contribution >= 4 is 17.5 Å². The molecule has 1 aliphatic rings. The molecule has 0 amide bonds. The van der Waals surface area contributed by atoms with Gasteiger partial charge in [-0.25, -0.2) is 4.79 Å². The average molecular weight is 393 g/mol. The Hall–Kier alpha value is -2.62. The minimum atomic E-state index is -0.330. The maximum Gasteiger partial charge on any atom is 0.337 e. The molecule has 0 aromatic heterocycles. The minimum absolute atomic E-state index is 0.153. The Morgan fingerprint density at radius 3 is 2.03 bits per heavy atom. The number of anilines is 1. The number of amidine groups is 1. The molecule has 154 valence electrons. The lowest BCUT2D eigenvalue weighted by molar-refractivity contribution is 0.0601. The number of ether oxygens (including phenoxy) is 1. The zero-order chi connectivity index (χ0) is 21.4. The molecule has 4 heteroatoms. The molecular weight excluding hydrogens is 360 g/mol. The highest BCUT2D eigenvalue weighted by Gasteiger charge is 2.37. The van der Waals surface area contributed by atoms with Gasteiger partial charge in [0, 0.05) is 25.3 Å². The number of aliphatic imine (C=N–C) groups is 1. The molecule has 0 bridgehead atoms. The first-order valence-corrected chi connectivity index (χ1v) is 10.1. The topological polar surface area (TPSA) is 41.9 Å². The van der Waals surface area contributed by atoms with Crippen LogP contribution in [0.15, 0.2) is 47.5 Å². The third-order valence-electron chi connectivity index (χ3n) is 6.32. The molecule has 0 saturated heterocycles. The second-order valence-electron chi connectivity index (χ2n) is 9.17. The highest BCUT2D eigenvalue weighted by atomic mass is 16.5. The number of hydrogen-bond donors (Lipinski definition) is 0. The summed E-state index contributed by atoms with van der Waals surface area (Å²) in [6, 6.07) is 14.2. The molecular formula is C25H32N2O2. The largest absolute Gasteiger partial charge is 0.465 e. The zero-order valence-electron chi connectivity index (χ0n) is 18.7. The van der Waals surface area contributed by atoms with E-state index in [1.165, 1.54) is 31.1 Å². The van der Waals surface area contributed by atoms with Gasteiger partial charge in [-0.05, 0) is 65.1 Å². The fourth-order valence-corrected chi connectivity index (χ4v) is 4.26. The summed E-state index contributed by atoms with van der Waals surface area (Å²) in [7, 11) is 5.22. The van der Waals surface area contributed by atoms with Crippen molar-refractivity contribution in [3.05, 3.63) is 64.7 Å². The van der Waals surface area contributed by atoms with Crippen LogP contribution in [0.3, 0.4) is 0 Å². The van der Waals surface area contributed by atoms with E-state index < -0.39 is 0 Å². The molecule has 0 N–H and O–H groups in total. The molecule has 0 spiro atoms. The molecule has 0 radical (unpaired) electrons. The lowest BCUT2D eigenvalue weighted by Gasteiger charge is -2.42. The molecule has 0 heterocycles. The SMILES string of the molecule is CN=C(c1ccc2c(c1)C(C)(C)CCC2(C)C)N(C)c1ccc(C(=O)OC)cc1. The van der Waals surface area contributed by atoms with Gasteiger partial charge in [0.25, 0.3) is 0 Å². The Morgan fingerprint density at radius 1 is 0.931 bits per heavy atom. The third kappa shape index (κ3) is 3.93. The van der Waals surface area contributed by atoms with Crippen LogP contribution < -0.4 is 4.90 Å². The van der Waals surface area contributed by atoms with Crippen LogP contribution in [0, 0.1) is 0 Å². The van der Waals surface area contributed by atoms with Crippen LogP contribution in [-0.4, -0.2) is 33.0 Å². The van der Waals surface area contributed by atoms with E-state index in [9.17, 15) is 4.79 Å². The van der Waals surface area contributed by atoms with Crippen LogP contribution in [0.25, 0.3) is 0 Å². The van der Waals surface area contributed by atoms with Gasteiger partial charge in [0.15, 0.2) is 0 Å². The lowest BCUT2D eigenvalue weighted by Crippen LogP contribution is -2.35. The number of rotatable bonds is 3. The number of nitrogens with zero attached hydrogens (tertiary/aromatic N) is 2. The first-order valence-electron chi connectivity index (χ1n) is 10.1. The lowest BCUT2D eigenvalue weighted by atomic mass is 9.63. The molecule has 2 aromatic carbocycles. The molecule has 3 rings (SSSR count). The normalized spacial score (nSPS) is 17.4. The average Bonchev–Trinajstić information content (AvgIpc) is 2.71. The van der Waals surface area contributed by atoms with Gasteiger partial charge in [-0.15, -0.1) is 0 Å². The maximum atomic E-state index is 11.7. The minimum Gasteiger partial charge on any atom is -0.465 e. The highest BCUT2D eigenvalue weighted by Crippen LogP contribution is 2.46. The second-order valence-corrected chi connectivity index (χ2v) is 9.17. The maximum absolute atomic E-state index is 11.7. The summed E-state index contributed by atoms with van der Waals surface area (Å²) in [4.78, 5) is 18.3. The molecule has 0 atom stereocenters. The number of fused-ring (bicyclic) bond motifs is 1. The Kier molecular flexibility index (Phi) is 5.57. The summed E-state index contributed by atoms with van der Waals surface area (Å²) in [5, 5.41) is 0. The summed E-state index contributed by atoms with van der Waals surface area (Å²) in [5.74, 6) is 0.570. The standard InChI is InChI=1S/C25H32N2O2/c1-24(2)14-15-25(3,4)21-16-18(10-13-20(21)24)22(26-5)27(6)19-11-8-17(9-12-19)23(28)29-7/h8-13,16H,14-15H2,1-7H3. The summed E-state index contributed by atoms with van der Waals surface area (Å²) in [5.41, 5.74) is 5.83. The zero-order valence-corrected chi connectivity index (χ0v) is 18.7. The quantitative estimate of drug-likeness (QED) is 0.402. The summed E-state index contributed by atoms with van der Waals surface area (Å²) in [6.45, 7) is 9.35. The van der Waals surface area contributed by atoms with E-state index in [4.69, 9.17) is 4.74 Å². The number of carbonyl (C=O) groups excluding carboxylic acids is 1. The van der Waals surface area contributed by atoms with Crippen LogP contribution in [0.2, 0.25) is 0 Å². The Balaban J connectivity index is 1.98. The van der Waals surface area contributed by atoms with Crippen LogP contribution in [-0.2, 0) is 15.6 Å². The highest BCUT2D eigenvalue weighted by molar-refractivity contribution is 6.09. The Bertz CT molecular complexity index is 940. The van der Waals surface area contributed by atoms with Gasteiger partial charge in [-0.2, -0.15) is 0 Å². The summed E-state index contributed by atoms with van der Waals surface area (Å²) >= 11 is 0. The number of carbonyl (C=O) groups is 1. The smallest absolute Gasteiger partial charge is 0.337 e.